The van der Waals surface area contributed by atoms with Crippen LogP contribution in [0.5, 0.6) is 11.5 Å². The Labute approximate surface area is 174 Å². The Balaban J connectivity index is 1.57. The second kappa shape index (κ2) is 8.24. The van der Waals surface area contributed by atoms with Gasteiger partial charge in [-0.25, -0.2) is 0 Å². The van der Waals surface area contributed by atoms with Crippen molar-refractivity contribution in [3.63, 3.8) is 0 Å². The maximum Gasteiger partial charge on any atom is 0.252 e. The van der Waals surface area contributed by atoms with Gasteiger partial charge < -0.3 is 15.4 Å². The van der Waals surface area contributed by atoms with Crippen molar-refractivity contribution in [2.24, 2.45) is 5.73 Å². The van der Waals surface area contributed by atoms with Gasteiger partial charge >= 0.3 is 0 Å². The summed E-state index contributed by atoms with van der Waals surface area (Å²) in [6.45, 7) is 4.68. The molecule has 152 valence electrons. The number of carbonyl (C=O) groups is 2. The largest absolute Gasteiger partial charge is 0.457 e. The number of benzene rings is 2. The van der Waals surface area contributed by atoms with Gasteiger partial charge in [-0.2, -0.15) is 5.10 Å². The zero-order valence-corrected chi connectivity index (χ0v) is 16.4. The average Bonchev–Trinajstić information content (AvgIpc) is 3.42. The SMILES string of the molecule is C=CC(=O)N1CCC(n2cc(C(N)=O)c(-c3ccc(Oc4ccccc4)cc3)n2)C1. The number of likely N-dealkylation sites (tertiary alicyclic amines) is 1. The average molecular weight is 402 g/mol. The normalized spacial score (nSPS) is 15.7. The molecule has 2 amide bonds. The highest BCUT2D eigenvalue weighted by Crippen LogP contribution is 2.29. The molecule has 4 rings (SSSR count). The summed E-state index contributed by atoms with van der Waals surface area (Å²) in [5, 5.41) is 4.63. The summed E-state index contributed by atoms with van der Waals surface area (Å²) in [7, 11) is 0. The summed E-state index contributed by atoms with van der Waals surface area (Å²) in [5.41, 5.74) is 7.23. The standard InChI is InChI=1S/C23H22N4O3/c1-2-21(28)26-13-12-17(14-26)27-15-20(23(24)29)22(25-27)16-8-10-19(11-9-16)30-18-6-4-3-5-7-18/h2-11,15,17H,1,12-14H2,(H2,24,29). The first-order chi connectivity index (χ1) is 14.5. The van der Waals surface area contributed by atoms with E-state index in [1.54, 1.807) is 15.8 Å². The van der Waals surface area contributed by atoms with Gasteiger partial charge in [-0.3, -0.25) is 14.3 Å². The maximum atomic E-state index is 12.0. The minimum atomic E-state index is -0.544. The van der Waals surface area contributed by atoms with Gasteiger partial charge in [-0.1, -0.05) is 24.8 Å². The van der Waals surface area contributed by atoms with E-state index in [9.17, 15) is 9.59 Å². The summed E-state index contributed by atoms with van der Waals surface area (Å²) in [4.78, 5) is 25.6. The fraction of sp³-hybridized carbons (Fsp3) is 0.174. The van der Waals surface area contributed by atoms with Crippen LogP contribution in [0.15, 0.2) is 73.4 Å². The van der Waals surface area contributed by atoms with Crippen LogP contribution >= 0.6 is 0 Å². The van der Waals surface area contributed by atoms with E-state index in [2.05, 4.69) is 11.7 Å². The second-order valence-corrected chi connectivity index (χ2v) is 7.11. The van der Waals surface area contributed by atoms with E-state index >= 15 is 0 Å². The zero-order chi connectivity index (χ0) is 21.1. The van der Waals surface area contributed by atoms with Gasteiger partial charge in [-0.15, -0.1) is 0 Å². The Hall–Kier alpha value is -3.87. The molecule has 2 heterocycles. The number of ether oxygens (including phenoxy) is 1. The summed E-state index contributed by atoms with van der Waals surface area (Å²) in [6.07, 6.45) is 3.73. The van der Waals surface area contributed by atoms with E-state index in [-0.39, 0.29) is 11.9 Å². The summed E-state index contributed by atoms with van der Waals surface area (Å²) in [5.74, 6) is 0.776. The molecule has 7 nitrogen and oxygen atoms in total. The van der Waals surface area contributed by atoms with Crippen molar-refractivity contribution in [2.75, 3.05) is 13.1 Å². The monoisotopic (exact) mass is 402 g/mol. The Morgan fingerprint density at radius 1 is 1.10 bits per heavy atom. The van der Waals surface area contributed by atoms with Gasteiger partial charge in [-0.05, 0) is 48.9 Å². The van der Waals surface area contributed by atoms with Crippen LogP contribution in [0.2, 0.25) is 0 Å². The lowest BCUT2D eigenvalue weighted by Crippen LogP contribution is -2.27. The van der Waals surface area contributed by atoms with Gasteiger partial charge in [0.25, 0.3) is 5.91 Å². The van der Waals surface area contributed by atoms with E-state index < -0.39 is 5.91 Å². The van der Waals surface area contributed by atoms with E-state index in [1.807, 2.05) is 54.6 Å². The fourth-order valence-corrected chi connectivity index (χ4v) is 3.56. The van der Waals surface area contributed by atoms with Gasteiger partial charge in [0.2, 0.25) is 5.91 Å². The highest BCUT2D eigenvalue weighted by Gasteiger charge is 2.28. The molecule has 0 radical (unpaired) electrons. The van der Waals surface area contributed by atoms with Crippen LogP contribution in [0.3, 0.4) is 0 Å². The number of aromatic nitrogens is 2. The van der Waals surface area contributed by atoms with E-state index in [1.165, 1.54) is 6.08 Å². The molecule has 0 saturated carbocycles. The van der Waals surface area contributed by atoms with Crippen LogP contribution in [-0.2, 0) is 4.79 Å². The van der Waals surface area contributed by atoms with Crippen LogP contribution in [0.4, 0.5) is 0 Å². The van der Waals surface area contributed by atoms with Crippen LogP contribution in [0, 0.1) is 0 Å². The van der Waals surface area contributed by atoms with Crippen molar-refractivity contribution in [1.82, 2.24) is 14.7 Å². The number of amides is 2. The molecule has 1 aromatic heterocycles. The summed E-state index contributed by atoms with van der Waals surface area (Å²) in [6, 6.07) is 16.8. The van der Waals surface area contributed by atoms with Crippen molar-refractivity contribution in [3.05, 3.63) is 79.0 Å². The molecule has 3 aromatic rings. The number of rotatable bonds is 6. The van der Waals surface area contributed by atoms with E-state index in [4.69, 9.17) is 10.5 Å². The third-order valence-electron chi connectivity index (χ3n) is 5.13. The first-order valence-electron chi connectivity index (χ1n) is 9.69. The number of nitrogens with two attached hydrogens (primary N) is 1. The highest BCUT2D eigenvalue weighted by atomic mass is 16.5. The lowest BCUT2D eigenvalue weighted by Gasteiger charge is -2.14. The predicted octanol–water partition coefficient (Wildman–Crippen LogP) is 3.40. The molecular formula is C23H22N4O3. The maximum absolute atomic E-state index is 12.0. The first kappa shape index (κ1) is 19.4. The van der Waals surface area contributed by atoms with E-state index in [0.717, 1.165) is 17.7 Å². The quantitative estimate of drug-likeness (QED) is 0.640. The van der Waals surface area contributed by atoms with Crippen molar-refractivity contribution in [1.29, 1.82) is 0 Å². The van der Waals surface area contributed by atoms with Gasteiger partial charge in [0.15, 0.2) is 0 Å². The molecule has 1 atom stereocenters. The number of hydrogen-bond donors (Lipinski definition) is 1. The number of carbonyl (C=O) groups excluding carboxylic acids is 2. The van der Waals surface area contributed by atoms with Gasteiger partial charge in [0, 0.05) is 24.8 Å². The topological polar surface area (TPSA) is 90.5 Å². The molecule has 0 aliphatic carbocycles. The molecule has 1 unspecified atom stereocenters. The lowest BCUT2D eigenvalue weighted by atomic mass is 10.1. The molecule has 30 heavy (non-hydrogen) atoms. The molecule has 1 fully saturated rings. The smallest absolute Gasteiger partial charge is 0.252 e. The lowest BCUT2D eigenvalue weighted by molar-refractivity contribution is -0.125. The minimum Gasteiger partial charge on any atom is -0.457 e. The molecule has 1 aliphatic heterocycles. The van der Waals surface area contributed by atoms with Gasteiger partial charge in [0.05, 0.1) is 11.6 Å². The summed E-state index contributed by atoms with van der Waals surface area (Å²) >= 11 is 0. The molecule has 1 aliphatic rings. The molecule has 0 bridgehead atoms. The van der Waals surface area contributed by atoms with Crippen LogP contribution < -0.4 is 10.5 Å². The Kier molecular flexibility index (Phi) is 5.34. The third-order valence-corrected chi connectivity index (χ3v) is 5.13. The number of hydrogen-bond acceptors (Lipinski definition) is 4. The molecule has 7 heteroatoms. The number of primary amides is 1. The van der Waals surface area contributed by atoms with Crippen molar-refractivity contribution in [2.45, 2.75) is 12.5 Å². The number of nitrogens with zero attached hydrogens (tertiary/aromatic N) is 3. The molecule has 0 spiro atoms. The molecule has 2 aromatic carbocycles. The number of para-hydroxylation sites is 1. The molecule has 2 N–H and O–H groups in total. The molecular weight excluding hydrogens is 380 g/mol. The van der Waals surface area contributed by atoms with Crippen molar-refractivity contribution >= 4 is 11.8 Å². The van der Waals surface area contributed by atoms with Crippen molar-refractivity contribution < 1.29 is 14.3 Å². The Morgan fingerprint density at radius 2 is 1.80 bits per heavy atom. The first-order valence-corrected chi connectivity index (χ1v) is 9.69. The Bertz CT molecular complexity index is 1070. The molecule has 1 saturated heterocycles. The third kappa shape index (κ3) is 3.96. The fourth-order valence-electron chi connectivity index (χ4n) is 3.56. The summed E-state index contributed by atoms with van der Waals surface area (Å²) < 4.78 is 7.55. The van der Waals surface area contributed by atoms with Crippen LogP contribution in [-0.4, -0.2) is 39.6 Å². The van der Waals surface area contributed by atoms with Gasteiger partial charge in [0.1, 0.15) is 17.2 Å². The highest BCUT2D eigenvalue weighted by molar-refractivity contribution is 5.98. The second-order valence-electron chi connectivity index (χ2n) is 7.11. The predicted molar refractivity (Wildman–Crippen MR) is 113 cm³/mol. The van der Waals surface area contributed by atoms with Crippen molar-refractivity contribution in [3.8, 4) is 22.8 Å². The van der Waals surface area contributed by atoms with Crippen LogP contribution in [0.25, 0.3) is 11.3 Å². The minimum absolute atomic E-state index is 0.0126. The Morgan fingerprint density at radius 3 is 2.47 bits per heavy atom. The zero-order valence-electron chi connectivity index (χ0n) is 16.4. The van der Waals surface area contributed by atoms with E-state index in [0.29, 0.717) is 30.1 Å². The van der Waals surface area contributed by atoms with Crippen LogP contribution in [0.1, 0.15) is 22.8 Å².